The number of likely N-dealkylation sites (tertiary alicyclic amines) is 1. The van der Waals surface area contributed by atoms with Crippen molar-refractivity contribution >= 4 is 85.9 Å². The highest BCUT2D eigenvalue weighted by Gasteiger charge is 2.43. The molecule has 1 saturated carbocycles. The van der Waals surface area contributed by atoms with Gasteiger partial charge in [-0.25, -0.2) is 5.43 Å². The molecule has 2 rings (SSSR count). The van der Waals surface area contributed by atoms with Gasteiger partial charge in [-0.3, -0.25) is 29.5 Å². The van der Waals surface area contributed by atoms with Crippen molar-refractivity contribution in [2.75, 3.05) is 32.8 Å². The molecule has 38 heavy (non-hydrogen) atoms. The lowest BCUT2D eigenvalue weighted by molar-refractivity contribution is -0.138. The van der Waals surface area contributed by atoms with Gasteiger partial charge in [0.15, 0.2) is 0 Å². The lowest BCUT2D eigenvalue weighted by Gasteiger charge is -2.26. The minimum absolute atomic E-state index is 0.0173. The Morgan fingerprint density at radius 1 is 1.11 bits per heavy atom. The Bertz CT molecular complexity index is 838. The zero-order chi connectivity index (χ0) is 28.2. The number of imide groups is 1. The van der Waals surface area contributed by atoms with Crippen LogP contribution in [0.4, 0.5) is 0 Å². The van der Waals surface area contributed by atoms with E-state index in [9.17, 15) is 19.2 Å². The molecule has 1 aliphatic carbocycles. The second-order valence-corrected chi connectivity index (χ2v) is 13.6. The van der Waals surface area contributed by atoms with E-state index >= 15 is 0 Å². The van der Waals surface area contributed by atoms with Crippen LogP contribution in [-0.2, 0) is 23.9 Å². The molecular formula is C24H40N4O5S5. The maximum absolute atomic E-state index is 12.9. The topological polar surface area (TPSA) is 117 Å². The van der Waals surface area contributed by atoms with E-state index in [0.29, 0.717) is 6.54 Å². The minimum atomic E-state index is -0.492. The zero-order valence-electron chi connectivity index (χ0n) is 21.6. The van der Waals surface area contributed by atoms with Crippen molar-refractivity contribution in [3.05, 3.63) is 12.7 Å². The van der Waals surface area contributed by atoms with Crippen molar-refractivity contribution in [3.63, 3.8) is 0 Å². The Labute approximate surface area is 251 Å². The summed E-state index contributed by atoms with van der Waals surface area (Å²) in [5, 5.41) is 2.37. The summed E-state index contributed by atoms with van der Waals surface area (Å²) in [4.78, 5) is 50.5. The van der Waals surface area contributed by atoms with E-state index in [2.05, 4.69) is 60.6 Å². The summed E-state index contributed by atoms with van der Waals surface area (Å²) in [6.45, 7) is 7.02. The van der Waals surface area contributed by atoms with Gasteiger partial charge in [0, 0.05) is 58.7 Å². The van der Waals surface area contributed by atoms with Gasteiger partial charge in [0.25, 0.3) is 0 Å². The molecular weight excluding hydrogens is 585 g/mol. The third-order valence-corrected chi connectivity index (χ3v) is 11.0. The van der Waals surface area contributed by atoms with Gasteiger partial charge in [-0.2, -0.15) is 50.5 Å². The number of nitrogens with one attached hydrogen (secondary N) is 3. The molecule has 2 aliphatic rings. The Hall–Kier alpha value is -0.510. The highest BCUT2D eigenvalue weighted by atomic mass is 32.2. The molecule has 2 fully saturated rings. The molecule has 7 atom stereocenters. The summed E-state index contributed by atoms with van der Waals surface area (Å²) in [7, 11) is 0. The first-order valence-electron chi connectivity index (χ1n) is 12.7. The van der Waals surface area contributed by atoms with Crippen LogP contribution in [0.5, 0.6) is 0 Å². The van der Waals surface area contributed by atoms with Crippen molar-refractivity contribution in [1.82, 2.24) is 21.1 Å². The average molecular weight is 625 g/mol. The molecule has 0 aromatic rings. The second-order valence-electron chi connectivity index (χ2n) is 9.52. The first kappa shape index (κ1) is 33.7. The van der Waals surface area contributed by atoms with Gasteiger partial charge >= 0.3 is 0 Å². The SMILES string of the molecule is C=CC(C)CNNC(=O)CCOCCNC(=O)CCN1C(=O)CC(SC2CC(S)C(S)CC(S)C2S)C1=O. The Balaban J connectivity index is 1.64. The normalized spacial score (nSPS) is 28.6. The molecule has 1 heterocycles. The van der Waals surface area contributed by atoms with Gasteiger partial charge < -0.3 is 10.1 Å². The monoisotopic (exact) mass is 624 g/mol. The van der Waals surface area contributed by atoms with E-state index in [1.165, 1.54) is 16.7 Å². The number of carbonyl (C=O) groups is 4. The fraction of sp³-hybridized carbons (Fsp3) is 0.750. The lowest BCUT2D eigenvalue weighted by Crippen LogP contribution is -2.40. The number of thiol groups is 4. The molecule has 0 aromatic heterocycles. The summed E-state index contributed by atoms with van der Waals surface area (Å²) in [5.41, 5.74) is 5.41. The van der Waals surface area contributed by atoms with Crippen LogP contribution in [0, 0.1) is 5.92 Å². The molecule has 0 radical (unpaired) electrons. The smallest absolute Gasteiger partial charge is 0.242 e. The first-order valence-corrected chi connectivity index (χ1v) is 15.7. The van der Waals surface area contributed by atoms with Gasteiger partial charge in [-0.1, -0.05) is 13.0 Å². The second kappa shape index (κ2) is 17.3. The lowest BCUT2D eigenvalue weighted by atomic mass is 10.2. The number of thioether (sulfide) groups is 1. The maximum atomic E-state index is 12.9. The molecule has 4 amide bonds. The van der Waals surface area contributed by atoms with E-state index in [1.54, 1.807) is 6.08 Å². The maximum Gasteiger partial charge on any atom is 0.242 e. The molecule has 0 bridgehead atoms. The van der Waals surface area contributed by atoms with E-state index < -0.39 is 5.25 Å². The van der Waals surface area contributed by atoms with Crippen molar-refractivity contribution in [2.45, 2.75) is 70.5 Å². The number of carbonyl (C=O) groups excluding carboxylic acids is 4. The largest absolute Gasteiger partial charge is 0.379 e. The summed E-state index contributed by atoms with van der Waals surface area (Å²) in [5.74, 6) is -0.753. The first-order chi connectivity index (χ1) is 18.0. The molecule has 9 nitrogen and oxygen atoms in total. The fourth-order valence-corrected chi connectivity index (χ4v) is 7.54. The van der Waals surface area contributed by atoms with E-state index in [1.807, 2.05) is 6.92 Å². The molecule has 3 N–H and O–H groups in total. The van der Waals surface area contributed by atoms with E-state index in [4.69, 9.17) is 17.4 Å². The highest BCUT2D eigenvalue weighted by molar-refractivity contribution is 8.02. The molecule has 14 heteroatoms. The fourth-order valence-electron chi connectivity index (χ4n) is 3.96. The van der Waals surface area contributed by atoms with Gasteiger partial charge in [0.2, 0.25) is 23.6 Å². The summed E-state index contributed by atoms with van der Waals surface area (Å²) >= 11 is 20.1. The third kappa shape index (κ3) is 11.2. The standard InChI is InChI=1S/C24H40N4O5S5/c1-3-14(2)13-26-27-21(30)5-8-33-9-6-25-20(29)4-7-28-22(31)12-19(24(28)32)38-18-11-16(35)15(34)10-17(36)23(18)37/h3,14-19,23,26,34-37H,1,4-13H2,2H3,(H,25,29)(H,27,30). The predicted molar refractivity (Wildman–Crippen MR) is 165 cm³/mol. The van der Waals surface area contributed by atoms with Gasteiger partial charge in [-0.05, 0) is 18.8 Å². The minimum Gasteiger partial charge on any atom is -0.379 e. The van der Waals surface area contributed by atoms with Crippen molar-refractivity contribution in [1.29, 1.82) is 0 Å². The molecule has 0 spiro atoms. The quantitative estimate of drug-likeness (QED) is 0.0370. The summed E-state index contributed by atoms with van der Waals surface area (Å²) in [6, 6.07) is 0. The van der Waals surface area contributed by atoms with Crippen LogP contribution in [0.25, 0.3) is 0 Å². The van der Waals surface area contributed by atoms with Crippen LogP contribution >= 0.6 is 62.3 Å². The van der Waals surface area contributed by atoms with Gasteiger partial charge in [0.05, 0.1) is 24.9 Å². The van der Waals surface area contributed by atoms with Crippen LogP contribution in [0.15, 0.2) is 12.7 Å². The Kier molecular flexibility index (Phi) is 15.4. The summed E-state index contributed by atoms with van der Waals surface area (Å²) < 4.78 is 5.38. The van der Waals surface area contributed by atoms with Crippen LogP contribution < -0.4 is 16.2 Å². The van der Waals surface area contributed by atoms with Gasteiger partial charge in [-0.15, -0.1) is 18.3 Å². The molecule has 0 aromatic carbocycles. The number of amides is 4. The number of hydrazine groups is 1. The van der Waals surface area contributed by atoms with Crippen LogP contribution in [0.3, 0.4) is 0 Å². The number of nitrogens with zero attached hydrogens (tertiary/aromatic N) is 1. The van der Waals surface area contributed by atoms with E-state index in [-0.39, 0.29) is 101 Å². The Morgan fingerprint density at radius 3 is 2.53 bits per heavy atom. The third-order valence-electron chi connectivity index (χ3n) is 6.38. The van der Waals surface area contributed by atoms with Gasteiger partial charge in [0.1, 0.15) is 0 Å². The summed E-state index contributed by atoms with van der Waals surface area (Å²) in [6.07, 6.45) is 3.62. The molecule has 1 aliphatic heterocycles. The Morgan fingerprint density at radius 2 is 1.82 bits per heavy atom. The zero-order valence-corrected chi connectivity index (χ0v) is 26.0. The number of rotatable bonds is 15. The number of ether oxygens (including phenoxy) is 1. The number of hydrogen-bond donors (Lipinski definition) is 7. The predicted octanol–water partition coefficient (Wildman–Crippen LogP) is 1.56. The van der Waals surface area contributed by atoms with E-state index in [0.717, 1.165) is 12.8 Å². The molecule has 7 unspecified atom stereocenters. The highest BCUT2D eigenvalue weighted by Crippen LogP contribution is 2.41. The van der Waals surface area contributed by atoms with Crippen LogP contribution in [0.2, 0.25) is 0 Å². The van der Waals surface area contributed by atoms with Crippen LogP contribution in [-0.4, -0.2) is 92.9 Å². The van der Waals surface area contributed by atoms with Crippen molar-refractivity contribution in [2.24, 2.45) is 5.92 Å². The molecule has 216 valence electrons. The van der Waals surface area contributed by atoms with Crippen LogP contribution in [0.1, 0.15) is 39.0 Å². The average Bonchev–Trinajstić information content (AvgIpc) is 3.10. The van der Waals surface area contributed by atoms with Crippen molar-refractivity contribution < 1.29 is 23.9 Å². The number of hydrogen-bond acceptors (Lipinski definition) is 11. The molecule has 1 saturated heterocycles. The van der Waals surface area contributed by atoms with Crippen molar-refractivity contribution in [3.8, 4) is 0 Å².